The molecule has 4 rings (SSSR count). The monoisotopic (exact) mass is 339 g/mol. The Morgan fingerprint density at radius 3 is 2.88 bits per heavy atom. The lowest BCUT2D eigenvalue weighted by Gasteiger charge is -2.45. The third-order valence-electron chi connectivity index (χ3n) is 6.82. The van der Waals surface area contributed by atoms with Gasteiger partial charge in [0.1, 0.15) is 6.10 Å². The second kappa shape index (κ2) is 6.93. The van der Waals surface area contributed by atoms with Crippen LogP contribution in [0.1, 0.15) is 57.2 Å². The minimum absolute atomic E-state index is 0.0466. The van der Waals surface area contributed by atoms with Crippen LogP contribution in [0.3, 0.4) is 0 Å². The summed E-state index contributed by atoms with van der Waals surface area (Å²) in [7, 11) is 0. The molecule has 3 aliphatic rings. The summed E-state index contributed by atoms with van der Waals surface area (Å²) in [6.45, 7) is 4.23. The molecule has 0 spiro atoms. The van der Waals surface area contributed by atoms with Crippen molar-refractivity contribution in [1.29, 1.82) is 0 Å². The molecule has 0 bridgehead atoms. The molecule has 3 fully saturated rings. The number of rotatable bonds is 3. The van der Waals surface area contributed by atoms with Crippen LogP contribution >= 0.6 is 0 Å². The highest BCUT2D eigenvalue weighted by Crippen LogP contribution is 2.53. The van der Waals surface area contributed by atoms with E-state index >= 15 is 0 Å². The lowest BCUT2D eigenvalue weighted by Crippen LogP contribution is -2.42. The molecule has 2 saturated carbocycles. The van der Waals surface area contributed by atoms with Crippen molar-refractivity contribution in [3.05, 3.63) is 35.7 Å². The molecule has 0 N–H and O–H groups in total. The minimum Gasteiger partial charge on any atom is -0.462 e. The molecule has 134 valence electrons. The van der Waals surface area contributed by atoms with Gasteiger partial charge in [-0.1, -0.05) is 38.3 Å². The molecule has 25 heavy (non-hydrogen) atoms. The zero-order valence-electron chi connectivity index (χ0n) is 15.4. The Labute approximate surface area is 150 Å². The van der Waals surface area contributed by atoms with E-state index in [2.05, 4.69) is 43.1 Å². The lowest BCUT2D eigenvalue weighted by molar-refractivity contribution is -0.144. The maximum Gasteiger partial charge on any atom is 0.309 e. The molecule has 0 amide bonds. The topological polar surface area (TPSA) is 39.2 Å². The fourth-order valence-electron chi connectivity index (χ4n) is 5.54. The molecule has 2 aliphatic carbocycles. The largest absolute Gasteiger partial charge is 0.462 e. The van der Waals surface area contributed by atoms with Crippen LogP contribution in [0.25, 0.3) is 6.08 Å². The highest BCUT2D eigenvalue weighted by molar-refractivity contribution is 5.75. The number of pyridine rings is 1. The van der Waals surface area contributed by atoms with Gasteiger partial charge in [0.15, 0.2) is 0 Å². The van der Waals surface area contributed by atoms with Crippen LogP contribution in [-0.4, -0.2) is 17.1 Å². The van der Waals surface area contributed by atoms with Gasteiger partial charge in [0.05, 0.1) is 11.6 Å². The molecular formula is C22H29NO2. The Bertz CT molecular complexity index is 650. The number of ether oxygens (including phenoxy) is 1. The standard InChI is InChI=1S/C22H29NO2/c1-3-15-8-9-17(23-13-15)10-11-19-18-7-5-4-6-16(18)12-20-21(19)14(2)25-22(20)24/h8-11,13-14,16,18-21H,3-7,12H2,1-2H3/b11-10+/t14-,16+,18-,19+,20-,21+/m1/s1. The smallest absolute Gasteiger partial charge is 0.309 e. The van der Waals surface area contributed by atoms with E-state index in [4.69, 9.17) is 4.74 Å². The SMILES string of the molecule is CCc1ccc(/C=C/[C@H]2[C@@H]3CCCC[C@H]3C[C@H]3C(=O)O[C@H](C)[C@@H]23)nc1. The van der Waals surface area contributed by atoms with Gasteiger partial charge < -0.3 is 4.74 Å². The van der Waals surface area contributed by atoms with Crippen molar-refractivity contribution in [3.63, 3.8) is 0 Å². The number of aryl methyl sites for hydroxylation is 1. The minimum atomic E-state index is 0.0466. The summed E-state index contributed by atoms with van der Waals surface area (Å²) in [6.07, 6.45) is 13.8. The van der Waals surface area contributed by atoms with E-state index in [0.717, 1.165) is 18.5 Å². The fraction of sp³-hybridized carbons (Fsp3) is 0.636. The van der Waals surface area contributed by atoms with E-state index in [9.17, 15) is 4.79 Å². The Kier molecular flexibility index (Phi) is 4.66. The molecule has 1 aromatic heterocycles. The van der Waals surface area contributed by atoms with Crippen LogP contribution in [0.4, 0.5) is 0 Å². The van der Waals surface area contributed by atoms with Crippen molar-refractivity contribution >= 4 is 12.0 Å². The third kappa shape index (κ3) is 3.14. The Morgan fingerprint density at radius 1 is 1.28 bits per heavy atom. The van der Waals surface area contributed by atoms with Gasteiger partial charge in [-0.15, -0.1) is 0 Å². The maximum absolute atomic E-state index is 12.3. The Balaban J connectivity index is 1.60. The summed E-state index contributed by atoms with van der Waals surface area (Å²) in [6, 6.07) is 4.26. The van der Waals surface area contributed by atoms with Gasteiger partial charge in [-0.2, -0.15) is 0 Å². The number of fused-ring (bicyclic) bond motifs is 2. The number of nitrogens with zero attached hydrogens (tertiary/aromatic N) is 1. The first-order chi connectivity index (χ1) is 12.2. The van der Waals surface area contributed by atoms with E-state index in [1.54, 1.807) is 0 Å². The predicted molar refractivity (Wildman–Crippen MR) is 98.7 cm³/mol. The summed E-state index contributed by atoms with van der Waals surface area (Å²) in [5, 5.41) is 0. The molecule has 3 nitrogen and oxygen atoms in total. The van der Waals surface area contributed by atoms with Crippen LogP contribution in [0.15, 0.2) is 24.4 Å². The van der Waals surface area contributed by atoms with Crippen molar-refractivity contribution in [3.8, 4) is 0 Å². The second-order valence-corrected chi connectivity index (χ2v) is 8.15. The molecule has 0 aromatic carbocycles. The highest BCUT2D eigenvalue weighted by Gasteiger charge is 2.53. The zero-order chi connectivity index (χ0) is 17.4. The number of hydrogen-bond acceptors (Lipinski definition) is 3. The van der Waals surface area contributed by atoms with Crippen LogP contribution < -0.4 is 0 Å². The van der Waals surface area contributed by atoms with E-state index in [1.165, 1.54) is 31.2 Å². The highest BCUT2D eigenvalue weighted by atomic mass is 16.6. The van der Waals surface area contributed by atoms with Gasteiger partial charge in [-0.25, -0.2) is 0 Å². The first kappa shape index (κ1) is 16.8. The Morgan fingerprint density at radius 2 is 2.12 bits per heavy atom. The van der Waals surface area contributed by atoms with Crippen molar-refractivity contribution in [2.45, 2.75) is 58.5 Å². The number of aromatic nitrogens is 1. The van der Waals surface area contributed by atoms with Gasteiger partial charge in [0, 0.05) is 12.1 Å². The Hall–Kier alpha value is -1.64. The normalized spacial score (nSPS) is 37.6. The molecule has 0 unspecified atom stereocenters. The van der Waals surface area contributed by atoms with Gasteiger partial charge in [0.2, 0.25) is 0 Å². The van der Waals surface area contributed by atoms with E-state index in [0.29, 0.717) is 23.7 Å². The summed E-state index contributed by atoms with van der Waals surface area (Å²) in [5.74, 6) is 2.34. The van der Waals surface area contributed by atoms with E-state index in [1.807, 2.05) is 6.20 Å². The number of carbonyl (C=O) groups excluding carboxylic acids is 1. The number of carbonyl (C=O) groups is 1. The quantitative estimate of drug-likeness (QED) is 0.752. The van der Waals surface area contributed by atoms with Crippen molar-refractivity contribution in [2.24, 2.45) is 29.6 Å². The number of cyclic esters (lactones) is 1. The average molecular weight is 339 g/mol. The molecule has 3 heteroatoms. The first-order valence-corrected chi connectivity index (χ1v) is 10.0. The van der Waals surface area contributed by atoms with E-state index in [-0.39, 0.29) is 18.0 Å². The summed E-state index contributed by atoms with van der Waals surface area (Å²) < 4.78 is 5.64. The summed E-state index contributed by atoms with van der Waals surface area (Å²) in [4.78, 5) is 16.9. The van der Waals surface area contributed by atoms with Crippen LogP contribution in [0, 0.1) is 29.6 Å². The van der Waals surface area contributed by atoms with Gasteiger partial charge in [0.25, 0.3) is 0 Å². The molecule has 0 radical (unpaired) electrons. The molecule has 1 aromatic rings. The maximum atomic E-state index is 12.3. The van der Waals surface area contributed by atoms with Gasteiger partial charge >= 0.3 is 5.97 Å². The number of esters is 1. The van der Waals surface area contributed by atoms with E-state index < -0.39 is 0 Å². The fourth-order valence-corrected chi connectivity index (χ4v) is 5.54. The molecule has 1 saturated heterocycles. The van der Waals surface area contributed by atoms with Crippen LogP contribution in [0.2, 0.25) is 0 Å². The molecular weight excluding hydrogens is 310 g/mol. The van der Waals surface area contributed by atoms with Gasteiger partial charge in [-0.3, -0.25) is 9.78 Å². The van der Waals surface area contributed by atoms with Crippen LogP contribution in [-0.2, 0) is 16.0 Å². The lowest BCUT2D eigenvalue weighted by atomic mass is 9.57. The summed E-state index contributed by atoms with van der Waals surface area (Å²) in [5.41, 5.74) is 2.29. The number of allylic oxidation sites excluding steroid dienone is 1. The van der Waals surface area contributed by atoms with Crippen molar-refractivity contribution in [2.75, 3.05) is 0 Å². The van der Waals surface area contributed by atoms with Crippen molar-refractivity contribution in [1.82, 2.24) is 4.98 Å². The number of hydrogen-bond donors (Lipinski definition) is 0. The zero-order valence-corrected chi connectivity index (χ0v) is 15.4. The molecule has 6 atom stereocenters. The molecule has 1 aliphatic heterocycles. The average Bonchev–Trinajstić information content (AvgIpc) is 2.93. The summed E-state index contributed by atoms with van der Waals surface area (Å²) >= 11 is 0. The van der Waals surface area contributed by atoms with Gasteiger partial charge in [-0.05, 0) is 61.6 Å². The molecule has 2 heterocycles. The first-order valence-electron chi connectivity index (χ1n) is 10.0. The van der Waals surface area contributed by atoms with Crippen LogP contribution in [0.5, 0.6) is 0 Å². The predicted octanol–water partition coefficient (Wildman–Crippen LogP) is 4.66. The third-order valence-corrected chi connectivity index (χ3v) is 6.82. The second-order valence-electron chi connectivity index (χ2n) is 8.15. The van der Waals surface area contributed by atoms with Crippen molar-refractivity contribution < 1.29 is 9.53 Å².